The summed E-state index contributed by atoms with van der Waals surface area (Å²) in [5.41, 5.74) is 0.816. The fraction of sp³-hybridized carbons (Fsp3) is 0.550. The number of amides is 3. The number of hydrogen-bond acceptors (Lipinski definition) is 5. The number of carbonyl (C=O) groups is 3. The van der Waals surface area contributed by atoms with Crippen LogP contribution in [0.1, 0.15) is 48.2 Å². The lowest BCUT2D eigenvalue weighted by atomic mass is 9.85. The Morgan fingerprint density at radius 1 is 1.17 bits per heavy atom. The standard InChI is InChI=1S/C20H26N6O4/c1-12-10-16-22-11-15(20(30)26(16)24-12)18(28)23-14-4-2-13(3-5-14)19(29)25-8-6-17(27)21-7-9-25/h10-11,13-14,24H,2-9H2,1H3,(H,21,27)(H,23,28). The molecule has 2 aromatic heterocycles. The zero-order valence-electron chi connectivity index (χ0n) is 16.9. The van der Waals surface area contributed by atoms with Gasteiger partial charge in [-0.05, 0) is 32.6 Å². The lowest BCUT2D eigenvalue weighted by Crippen LogP contribution is -2.44. The number of aryl methyl sites for hydroxylation is 1. The first-order chi connectivity index (χ1) is 14.4. The van der Waals surface area contributed by atoms with Gasteiger partial charge >= 0.3 is 0 Å². The summed E-state index contributed by atoms with van der Waals surface area (Å²) in [6, 6.07) is 1.65. The Morgan fingerprint density at radius 3 is 2.70 bits per heavy atom. The van der Waals surface area contributed by atoms with Gasteiger partial charge in [-0.1, -0.05) is 0 Å². The monoisotopic (exact) mass is 414 g/mol. The number of H-pyrrole nitrogens is 1. The van der Waals surface area contributed by atoms with E-state index >= 15 is 0 Å². The summed E-state index contributed by atoms with van der Waals surface area (Å²) in [5.74, 6) is -0.459. The van der Waals surface area contributed by atoms with Crippen molar-refractivity contribution in [3.63, 3.8) is 0 Å². The molecule has 10 heteroatoms. The molecule has 3 heterocycles. The molecule has 1 aliphatic heterocycles. The van der Waals surface area contributed by atoms with Crippen molar-refractivity contribution >= 4 is 23.4 Å². The highest BCUT2D eigenvalue weighted by Gasteiger charge is 2.31. The minimum atomic E-state index is -0.443. The SMILES string of the molecule is Cc1cc2ncc(C(=O)NC3CCC(C(=O)N4CCNC(=O)CC4)CC3)c(=O)n2[nH]1. The molecule has 0 radical (unpaired) electrons. The van der Waals surface area contributed by atoms with Gasteiger partial charge in [0, 0.05) is 56.0 Å². The maximum Gasteiger partial charge on any atom is 0.285 e. The Bertz CT molecular complexity index is 1030. The van der Waals surface area contributed by atoms with Gasteiger partial charge in [-0.2, -0.15) is 0 Å². The van der Waals surface area contributed by atoms with E-state index in [1.54, 1.807) is 11.0 Å². The number of nitrogens with one attached hydrogen (secondary N) is 3. The zero-order valence-corrected chi connectivity index (χ0v) is 16.9. The molecule has 2 aliphatic rings. The highest BCUT2D eigenvalue weighted by molar-refractivity contribution is 5.94. The Labute approximate surface area is 173 Å². The van der Waals surface area contributed by atoms with Crippen molar-refractivity contribution in [1.82, 2.24) is 30.1 Å². The average Bonchev–Trinajstić information content (AvgIpc) is 2.98. The third-order valence-corrected chi connectivity index (χ3v) is 5.90. The minimum absolute atomic E-state index is 0.00529. The van der Waals surface area contributed by atoms with Gasteiger partial charge < -0.3 is 15.5 Å². The summed E-state index contributed by atoms with van der Waals surface area (Å²) in [6.45, 7) is 3.30. The van der Waals surface area contributed by atoms with Crippen LogP contribution in [0.5, 0.6) is 0 Å². The van der Waals surface area contributed by atoms with E-state index in [2.05, 4.69) is 20.7 Å². The Kier molecular flexibility index (Phi) is 5.56. The quantitative estimate of drug-likeness (QED) is 0.650. The number of nitrogens with zero attached hydrogens (tertiary/aromatic N) is 3. The Hall–Kier alpha value is -3.17. The number of rotatable bonds is 3. The van der Waals surface area contributed by atoms with E-state index in [-0.39, 0.29) is 29.3 Å². The number of aromatic nitrogens is 3. The van der Waals surface area contributed by atoms with Gasteiger partial charge in [-0.15, -0.1) is 0 Å². The van der Waals surface area contributed by atoms with E-state index in [1.807, 2.05) is 6.92 Å². The molecule has 4 rings (SSSR count). The normalized spacial score (nSPS) is 22.4. The number of hydrogen-bond donors (Lipinski definition) is 3. The summed E-state index contributed by atoms with van der Waals surface area (Å²) in [7, 11) is 0. The van der Waals surface area contributed by atoms with Crippen molar-refractivity contribution in [2.75, 3.05) is 19.6 Å². The molecule has 1 aliphatic carbocycles. The zero-order chi connectivity index (χ0) is 21.3. The Morgan fingerprint density at radius 2 is 1.93 bits per heavy atom. The second-order valence-corrected chi connectivity index (χ2v) is 8.06. The fourth-order valence-corrected chi connectivity index (χ4v) is 4.23. The molecule has 0 atom stereocenters. The summed E-state index contributed by atoms with van der Waals surface area (Å²) in [6.07, 6.45) is 4.34. The molecule has 0 aromatic carbocycles. The number of fused-ring (bicyclic) bond motifs is 1. The molecule has 160 valence electrons. The van der Waals surface area contributed by atoms with Crippen molar-refractivity contribution in [2.45, 2.75) is 45.1 Å². The van der Waals surface area contributed by atoms with E-state index in [1.165, 1.54) is 10.7 Å². The van der Waals surface area contributed by atoms with Gasteiger partial charge in [0.1, 0.15) is 5.56 Å². The maximum absolute atomic E-state index is 12.8. The largest absolute Gasteiger partial charge is 0.354 e. The Balaban J connectivity index is 1.34. The van der Waals surface area contributed by atoms with Crippen molar-refractivity contribution in [1.29, 1.82) is 0 Å². The molecule has 0 spiro atoms. The molecule has 3 amide bonds. The van der Waals surface area contributed by atoms with Crippen LogP contribution in [0.2, 0.25) is 0 Å². The minimum Gasteiger partial charge on any atom is -0.354 e. The van der Waals surface area contributed by atoms with E-state index in [0.717, 1.165) is 5.69 Å². The summed E-state index contributed by atoms with van der Waals surface area (Å²) in [4.78, 5) is 55.3. The van der Waals surface area contributed by atoms with E-state index < -0.39 is 11.5 Å². The van der Waals surface area contributed by atoms with Crippen LogP contribution in [0.4, 0.5) is 0 Å². The first-order valence-corrected chi connectivity index (χ1v) is 10.4. The van der Waals surface area contributed by atoms with Crippen LogP contribution in [0.15, 0.2) is 17.1 Å². The van der Waals surface area contributed by atoms with Gasteiger partial charge in [0.05, 0.1) is 0 Å². The van der Waals surface area contributed by atoms with Crippen LogP contribution in [0.25, 0.3) is 5.65 Å². The van der Waals surface area contributed by atoms with Crippen molar-refractivity contribution in [2.24, 2.45) is 5.92 Å². The molecule has 3 N–H and O–H groups in total. The summed E-state index contributed by atoms with van der Waals surface area (Å²) >= 11 is 0. The van der Waals surface area contributed by atoms with E-state index in [0.29, 0.717) is 57.4 Å². The van der Waals surface area contributed by atoms with Gasteiger partial charge in [0.25, 0.3) is 11.5 Å². The van der Waals surface area contributed by atoms with Crippen LogP contribution >= 0.6 is 0 Å². The molecule has 2 aromatic rings. The van der Waals surface area contributed by atoms with Crippen molar-refractivity contribution in [3.05, 3.63) is 33.9 Å². The van der Waals surface area contributed by atoms with Crippen LogP contribution < -0.4 is 16.2 Å². The fourth-order valence-electron chi connectivity index (χ4n) is 4.23. The number of aromatic amines is 1. The first kappa shape index (κ1) is 20.1. The highest BCUT2D eigenvalue weighted by atomic mass is 16.2. The van der Waals surface area contributed by atoms with E-state index in [9.17, 15) is 19.2 Å². The number of carbonyl (C=O) groups excluding carboxylic acids is 3. The molecular weight excluding hydrogens is 388 g/mol. The predicted molar refractivity (Wildman–Crippen MR) is 108 cm³/mol. The molecule has 0 bridgehead atoms. The van der Waals surface area contributed by atoms with Crippen LogP contribution in [0, 0.1) is 12.8 Å². The summed E-state index contributed by atoms with van der Waals surface area (Å²) < 4.78 is 1.26. The third-order valence-electron chi connectivity index (χ3n) is 5.90. The maximum atomic E-state index is 12.8. The lowest BCUT2D eigenvalue weighted by molar-refractivity contribution is -0.136. The predicted octanol–water partition coefficient (Wildman–Crippen LogP) is -0.0319. The van der Waals surface area contributed by atoms with Crippen LogP contribution in [0.3, 0.4) is 0 Å². The summed E-state index contributed by atoms with van der Waals surface area (Å²) in [5, 5.41) is 8.57. The second-order valence-electron chi connectivity index (χ2n) is 8.06. The van der Waals surface area contributed by atoms with E-state index in [4.69, 9.17) is 0 Å². The van der Waals surface area contributed by atoms with Crippen LogP contribution in [-0.2, 0) is 9.59 Å². The molecule has 10 nitrogen and oxygen atoms in total. The molecule has 2 fully saturated rings. The second kappa shape index (κ2) is 8.29. The smallest absolute Gasteiger partial charge is 0.285 e. The topological polar surface area (TPSA) is 129 Å². The van der Waals surface area contributed by atoms with Gasteiger partial charge in [0.2, 0.25) is 11.8 Å². The van der Waals surface area contributed by atoms with Gasteiger partial charge in [-0.3, -0.25) is 24.3 Å². The van der Waals surface area contributed by atoms with Crippen molar-refractivity contribution < 1.29 is 14.4 Å². The first-order valence-electron chi connectivity index (χ1n) is 10.4. The lowest BCUT2D eigenvalue weighted by Gasteiger charge is -2.31. The van der Waals surface area contributed by atoms with Gasteiger partial charge in [0.15, 0.2) is 5.65 Å². The third kappa shape index (κ3) is 4.07. The molecule has 1 saturated heterocycles. The van der Waals surface area contributed by atoms with Crippen LogP contribution in [-0.4, -0.2) is 62.9 Å². The molecule has 0 unspecified atom stereocenters. The molecule has 30 heavy (non-hydrogen) atoms. The highest BCUT2D eigenvalue weighted by Crippen LogP contribution is 2.26. The van der Waals surface area contributed by atoms with Crippen molar-refractivity contribution in [3.8, 4) is 0 Å². The molecule has 1 saturated carbocycles. The molecular formula is C20H26N6O4. The average molecular weight is 414 g/mol. The van der Waals surface area contributed by atoms with Gasteiger partial charge in [-0.25, -0.2) is 9.50 Å².